The van der Waals surface area contributed by atoms with E-state index in [-0.39, 0.29) is 18.6 Å². The lowest BCUT2D eigenvalue weighted by Gasteiger charge is -2.30. The summed E-state index contributed by atoms with van der Waals surface area (Å²) in [6.45, 7) is 6.71. The zero-order chi connectivity index (χ0) is 15.3. The lowest BCUT2D eigenvalue weighted by molar-refractivity contribution is 0.0450. The summed E-state index contributed by atoms with van der Waals surface area (Å²) >= 11 is 0. The summed E-state index contributed by atoms with van der Waals surface area (Å²) in [7, 11) is 0. The highest BCUT2D eigenvalue weighted by atomic mass is 16.3. The first-order chi connectivity index (χ1) is 9.61. The molecule has 0 heterocycles. The Bertz CT molecular complexity index is 188. The van der Waals surface area contributed by atoms with Gasteiger partial charge in [-0.2, -0.15) is 0 Å². The number of hydrogen-bond donors (Lipinski definition) is 2. The maximum Gasteiger partial charge on any atom is 0.0506 e. The van der Waals surface area contributed by atoms with Gasteiger partial charge in [0.05, 0.1) is 13.2 Å². The zero-order valence-electron chi connectivity index (χ0n) is 14.2. The number of aliphatic hydroxyl groups excluding tert-OH is 2. The molecule has 0 aromatic heterocycles. The fraction of sp³-hybridized carbons (Fsp3) is 1.00. The molecule has 2 N–H and O–H groups in total. The number of hydrogen-bond acceptors (Lipinski definition) is 2. The maximum absolute atomic E-state index is 9.49. The molecule has 0 rings (SSSR count). The molecule has 0 aliphatic heterocycles. The second kappa shape index (κ2) is 12.6. The molecule has 20 heavy (non-hydrogen) atoms. The first-order valence-electron chi connectivity index (χ1n) is 8.83. The minimum atomic E-state index is -0.291. The zero-order valence-corrected chi connectivity index (χ0v) is 14.2. The monoisotopic (exact) mass is 286 g/mol. The van der Waals surface area contributed by atoms with E-state index in [1.165, 1.54) is 64.2 Å². The summed E-state index contributed by atoms with van der Waals surface area (Å²) in [6.07, 6.45) is 14.0. The molecular formula is C18H38O2. The SMILES string of the molecule is CCCCCCC(CCCCCC)CC(C)(CO)CO. The van der Waals surface area contributed by atoms with Crippen molar-refractivity contribution in [3.63, 3.8) is 0 Å². The molecule has 0 atom stereocenters. The van der Waals surface area contributed by atoms with E-state index in [1.54, 1.807) is 0 Å². The van der Waals surface area contributed by atoms with E-state index in [9.17, 15) is 10.2 Å². The van der Waals surface area contributed by atoms with Gasteiger partial charge in [-0.25, -0.2) is 0 Å². The van der Waals surface area contributed by atoms with Crippen LogP contribution in [0.25, 0.3) is 0 Å². The van der Waals surface area contributed by atoms with Crippen molar-refractivity contribution in [1.29, 1.82) is 0 Å². The third kappa shape index (κ3) is 9.77. The van der Waals surface area contributed by atoms with Gasteiger partial charge < -0.3 is 10.2 Å². The summed E-state index contributed by atoms with van der Waals surface area (Å²) < 4.78 is 0. The van der Waals surface area contributed by atoms with Crippen LogP contribution in [0.15, 0.2) is 0 Å². The van der Waals surface area contributed by atoms with Crippen molar-refractivity contribution >= 4 is 0 Å². The highest BCUT2D eigenvalue weighted by Crippen LogP contribution is 2.31. The van der Waals surface area contributed by atoms with Gasteiger partial charge in [-0.15, -0.1) is 0 Å². The fourth-order valence-corrected chi connectivity index (χ4v) is 2.94. The third-order valence-electron chi connectivity index (χ3n) is 4.48. The van der Waals surface area contributed by atoms with Crippen LogP contribution in [0.1, 0.15) is 91.4 Å². The molecule has 0 aromatic carbocycles. The van der Waals surface area contributed by atoms with Crippen LogP contribution in [0, 0.1) is 11.3 Å². The van der Waals surface area contributed by atoms with Gasteiger partial charge in [0.15, 0.2) is 0 Å². The van der Waals surface area contributed by atoms with Crippen LogP contribution in [0.3, 0.4) is 0 Å². The van der Waals surface area contributed by atoms with Gasteiger partial charge in [0.1, 0.15) is 0 Å². The Morgan fingerprint density at radius 3 is 1.55 bits per heavy atom. The largest absolute Gasteiger partial charge is 0.396 e. The number of rotatable bonds is 14. The minimum Gasteiger partial charge on any atom is -0.396 e. The summed E-state index contributed by atoms with van der Waals surface area (Å²) in [5, 5.41) is 19.0. The van der Waals surface area contributed by atoms with E-state index < -0.39 is 0 Å². The van der Waals surface area contributed by atoms with Crippen LogP contribution in [0.5, 0.6) is 0 Å². The molecule has 0 aromatic rings. The van der Waals surface area contributed by atoms with Gasteiger partial charge in [0.2, 0.25) is 0 Å². The first kappa shape index (κ1) is 19.9. The van der Waals surface area contributed by atoms with E-state index in [0.29, 0.717) is 5.92 Å². The van der Waals surface area contributed by atoms with Crippen LogP contribution in [-0.4, -0.2) is 23.4 Å². The average Bonchev–Trinajstić information content (AvgIpc) is 2.47. The standard InChI is InChI=1S/C18H38O2/c1-4-6-8-10-12-17(13-11-9-7-5-2)14-18(3,15-19)16-20/h17,19-20H,4-16H2,1-3H3. The smallest absolute Gasteiger partial charge is 0.0506 e. The molecule has 122 valence electrons. The van der Waals surface area contributed by atoms with Crippen LogP contribution in [0.4, 0.5) is 0 Å². The average molecular weight is 286 g/mol. The number of aliphatic hydroxyl groups is 2. The minimum absolute atomic E-state index is 0.101. The summed E-state index contributed by atoms with van der Waals surface area (Å²) in [5.41, 5.74) is -0.291. The maximum atomic E-state index is 9.49. The molecule has 0 aliphatic rings. The normalized spacial score (nSPS) is 12.3. The van der Waals surface area contributed by atoms with Gasteiger partial charge in [0.25, 0.3) is 0 Å². The summed E-state index contributed by atoms with van der Waals surface area (Å²) in [5.74, 6) is 0.674. The first-order valence-corrected chi connectivity index (χ1v) is 8.83. The van der Waals surface area contributed by atoms with Crippen LogP contribution < -0.4 is 0 Å². The predicted molar refractivity (Wildman–Crippen MR) is 87.9 cm³/mol. The molecule has 0 amide bonds. The highest BCUT2D eigenvalue weighted by Gasteiger charge is 2.26. The molecule has 2 heteroatoms. The van der Waals surface area contributed by atoms with Gasteiger partial charge in [-0.05, 0) is 12.3 Å². The topological polar surface area (TPSA) is 40.5 Å². The molecule has 0 radical (unpaired) electrons. The third-order valence-corrected chi connectivity index (χ3v) is 4.48. The van der Waals surface area contributed by atoms with E-state index in [0.717, 1.165) is 6.42 Å². The molecule has 0 aliphatic carbocycles. The Morgan fingerprint density at radius 1 is 0.750 bits per heavy atom. The van der Waals surface area contributed by atoms with Gasteiger partial charge in [-0.1, -0.05) is 85.0 Å². The summed E-state index contributed by atoms with van der Waals surface area (Å²) in [4.78, 5) is 0. The van der Waals surface area contributed by atoms with E-state index >= 15 is 0 Å². The Kier molecular flexibility index (Phi) is 12.6. The van der Waals surface area contributed by atoms with Crippen LogP contribution >= 0.6 is 0 Å². The van der Waals surface area contributed by atoms with Gasteiger partial charge in [-0.3, -0.25) is 0 Å². The second-order valence-electron chi connectivity index (χ2n) is 6.90. The molecule has 0 fully saturated rings. The molecule has 0 saturated heterocycles. The van der Waals surface area contributed by atoms with Crippen molar-refractivity contribution in [1.82, 2.24) is 0 Å². The van der Waals surface area contributed by atoms with E-state index in [4.69, 9.17) is 0 Å². The van der Waals surface area contributed by atoms with Crippen molar-refractivity contribution in [3.05, 3.63) is 0 Å². The molecule has 0 saturated carbocycles. The Morgan fingerprint density at radius 2 is 1.20 bits per heavy atom. The Labute approximate surface area is 127 Å². The van der Waals surface area contributed by atoms with E-state index in [2.05, 4.69) is 13.8 Å². The molecule has 0 unspecified atom stereocenters. The van der Waals surface area contributed by atoms with E-state index in [1.807, 2.05) is 6.92 Å². The Balaban J connectivity index is 4.15. The van der Waals surface area contributed by atoms with Crippen LogP contribution in [-0.2, 0) is 0 Å². The number of unbranched alkanes of at least 4 members (excludes halogenated alkanes) is 6. The van der Waals surface area contributed by atoms with Crippen molar-refractivity contribution in [2.75, 3.05) is 13.2 Å². The highest BCUT2D eigenvalue weighted by molar-refractivity contribution is 4.77. The molecule has 0 spiro atoms. The van der Waals surface area contributed by atoms with Crippen LogP contribution in [0.2, 0.25) is 0 Å². The van der Waals surface area contributed by atoms with Gasteiger partial charge in [0, 0.05) is 5.41 Å². The van der Waals surface area contributed by atoms with Crippen molar-refractivity contribution in [2.24, 2.45) is 11.3 Å². The fourth-order valence-electron chi connectivity index (χ4n) is 2.94. The van der Waals surface area contributed by atoms with Gasteiger partial charge >= 0.3 is 0 Å². The second-order valence-corrected chi connectivity index (χ2v) is 6.90. The summed E-state index contributed by atoms with van der Waals surface area (Å²) in [6, 6.07) is 0. The molecule has 0 bridgehead atoms. The van der Waals surface area contributed by atoms with Crippen molar-refractivity contribution in [2.45, 2.75) is 91.4 Å². The van der Waals surface area contributed by atoms with Crippen molar-refractivity contribution < 1.29 is 10.2 Å². The Hall–Kier alpha value is -0.0800. The van der Waals surface area contributed by atoms with Crippen molar-refractivity contribution in [3.8, 4) is 0 Å². The predicted octanol–water partition coefficient (Wildman–Crippen LogP) is 4.92. The lowest BCUT2D eigenvalue weighted by atomic mass is 9.78. The molecule has 2 nitrogen and oxygen atoms in total. The lowest BCUT2D eigenvalue weighted by Crippen LogP contribution is -2.29. The molecular weight excluding hydrogens is 248 g/mol. The quantitative estimate of drug-likeness (QED) is 0.445.